The van der Waals surface area contributed by atoms with Crippen LogP contribution in [0.3, 0.4) is 0 Å². The molecule has 0 aliphatic heterocycles. The van der Waals surface area contributed by atoms with E-state index >= 15 is 0 Å². The summed E-state index contributed by atoms with van der Waals surface area (Å²) in [6.07, 6.45) is 0. The molecule has 0 spiro atoms. The number of ketones is 1. The summed E-state index contributed by atoms with van der Waals surface area (Å²) in [5, 5.41) is 2.71. The van der Waals surface area contributed by atoms with Crippen molar-refractivity contribution >= 4 is 17.4 Å². The topological polar surface area (TPSA) is 46.2 Å². The number of carbonyl (C=O) groups excluding carboxylic acids is 2. The zero-order chi connectivity index (χ0) is 12.7. The van der Waals surface area contributed by atoms with Crippen LogP contribution < -0.4 is 5.32 Å². The third-order valence-electron chi connectivity index (χ3n) is 3.06. The Labute approximate surface area is 104 Å². The van der Waals surface area contributed by atoms with Gasteiger partial charge >= 0.3 is 0 Å². The van der Waals surface area contributed by atoms with Crippen LogP contribution in [0.5, 0.6) is 0 Å². The highest BCUT2D eigenvalue weighted by molar-refractivity contribution is 6.25. The third kappa shape index (κ3) is 1.44. The molecule has 2 aromatic carbocycles. The first kappa shape index (κ1) is 10.7. The van der Waals surface area contributed by atoms with E-state index in [9.17, 15) is 9.59 Å². The molecule has 3 heteroatoms. The van der Waals surface area contributed by atoms with E-state index in [-0.39, 0.29) is 11.7 Å². The zero-order valence-electron chi connectivity index (χ0n) is 9.86. The molecule has 2 aromatic rings. The third-order valence-corrected chi connectivity index (χ3v) is 3.06. The molecule has 88 valence electrons. The van der Waals surface area contributed by atoms with Crippen molar-refractivity contribution in [3.8, 4) is 11.1 Å². The summed E-state index contributed by atoms with van der Waals surface area (Å²) in [5.74, 6) is -0.197. The van der Waals surface area contributed by atoms with Crippen LogP contribution in [-0.4, -0.2) is 11.7 Å². The Morgan fingerprint density at radius 2 is 1.61 bits per heavy atom. The van der Waals surface area contributed by atoms with Crippen LogP contribution in [-0.2, 0) is 4.79 Å². The number of hydrogen-bond donors (Lipinski definition) is 1. The summed E-state index contributed by atoms with van der Waals surface area (Å²) < 4.78 is 0. The van der Waals surface area contributed by atoms with Gasteiger partial charge in [-0.05, 0) is 17.2 Å². The maximum Gasteiger partial charge on any atom is 0.221 e. The highest BCUT2D eigenvalue weighted by atomic mass is 16.1. The van der Waals surface area contributed by atoms with Crippen LogP contribution in [0.1, 0.15) is 22.8 Å². The molecule has 0 aromatic heterocycles. The Morgan fingerprint density at radius 1 is 0.944 bits per heavy atom. The molecule has 1 amide bonds. The van der Waals surface area contributed by atoms with E-state index in [0.717, 1.165) is 11.1 Å². The van der Waals surface area contributed by atoms with E-state index in [1.54, 1.807) is 6.07 Å². The Morgan fingerprint density at radius 3 is 2.33 bits per heavy atom. The summed E-state index contributed by atoms with van der Waals surface area (Å²) in [6.45, 7) is 1.44. The first-order chi connectivity index (χ1) is 8.68. The van der Waals surface area contributed by atoms with Crippen LogP contribution in [0.15, 0.2) is 42.5 Å². The number of carbonyl (C=O) groups is 2. The van der Waals surface area contributed by atoms with Crippen LogP contribution in [0.25, 0.3) is 11.1 Å². The second-order valence-corrected chi connectivity index (χ2v) is 4.28. The fourth-order valence-corrected chi connectivity index (χ4v) is 2.37. The molecule has 0 saturated carbocycles. The van der Waals surface area contributed by atoms with Crippen molar-refractivity contribution in [2.45, 2.75) is 6.92 Å². The van der Waals surface area contributed by atoms with Crippen molar-refractivity contribution in [2.75, 3.05) is 5.32 Å². The molecule has 3 rings (SSSR count). The summed E-state index contributed by atoms with van der Waals surface area (Å²) in [4.78, 5) is 23.5. The number of hydrogen-bond acceptors (Lipinski definition) is 2. The van der Waals surface area contributed by atoms with Gasteiger partial charge in [-0.3, -0.25) is 9.59 Å². The van der Waals surface area contributed by atoms with Gasteiger partial charge in [0.1, 0.15) is 0 Å². The maximum absolute atomic E-state index is 12.3. The second-order valence-electron chi connectivity index (χ2n) is 4.28. The first-order valence-electron chi connectivity index (χ1n) is 5.73. The largest absolute Gasteiger partial charge is 0.326 e. The minimum Gasteiger partial charge on any atom is -0.326 e. The quantitative estimate of drug-likeness (QED) is 0.707. The molecule has 0 atom stereocenters. The van der Waals surface area contributed by atoms with Gasteiger partial charge in [0.05, 0.1) is 11.3 Å². The predicted molar refractivity (Wildman–Crippen MR) is 69.6 cm³/mol. The monoisotopic (exact) mass is 237 g/mol. The van der Waals surface area contributed by atoms with E-state index in [1.807, 2.05) is 36.4 Å². The minimum atomic E-state index is -0.174. The molecule has 0 radical (unpaired) electrons. The number of benzene rings is 2. The molecule has 1 aliphatic carbocycles. The Balaban J connectivity index is 2.24. The van der Waals surface area contributed by atoms with Crippen molar-refractivity contribution in [1.29, 1.82) is 0 Å². The van der Waals surface area contributed by atoms with E-state index in [2.05, 4.69) is 5.32 Å². The van der Waals surface area contributed by atoms with Gasteiger partial charge in [-0.1, -0.05) is 36.4 Å². The first-order valence-corrected chi connectivity index (χ1v) is 5.73. The molecule has 0 heterocycles. The predicted octanol–water partition coefficient (Wildman–Crippen LogP) is 2.86. The van der Waals surface area contributed by atoms with E-state index in [0.29, 0.717) is 16.8 Å². The Kier molecular flexibility index (Phi) is 2.27. The average molecular weight is 237 g/mol. The molecule has 0 saturated heterocycles. The standard InChI is InChI=1S/C15H11NO2/c1-9(17)16-13-8-4-7-11-10-5-2-3-6-12(10)15(18)14(11)13/h2-8H,1H3,(H,16,17). The fraction of sp³-hybridized carbons (Fsp3) is 0.0667. The van der Waals surface area contributed by atoms with Gasteiger partial charge < -0.3 is 5.32 Å². The molecule has 0 fully saturated rings. The van der Waals surface area contributed by atoms with Gasteiger partial charge in [-0.2, -0.15) is 0 Å². The van der Waals surface area contributed by atoms with E-state index in [4.69, 9.17) is 0 Å². The van der Waals surface area contributed by atoms with Crippen molar-refractivity contribution in [3.63, 3.8) is 0 Å². The Hall–Kier alpha value is -2.42. The lowest BCUT2D eigenvalue weighted by molar-refractivity contribution is -0.114. The summed E-state index contributed by atoms with van der Waals surface area (Å²) in [6, 6.07) is 13.0. The summed E-state index contributed by atoms with van der Waals surface area (Å²) in [5.41, 5.74) is 3.70. The molecule has 18 heavy (non-hydrogen) atoms. The van der Waals surface area contributed by atoms with Crippen LogP contribution >= 0.6 is 0 Å². The van der Waals surface area contributed by atoms with Crippen LogP contribution in [0.4, 0.5) is 5.69 Å². The lowest BCUT2D eigenvalue weighted by Gasteiger charge is -2.07. The lowest BCUT2D eigenvalue weighted by Crippen LogP contribution is -2.09. The highest BCUT2D eigenvalue weighted by Gasteiger charge is 2.28. The highest BCUT2D eigenvalue weighted by Crippen LogP contribution is 2.39. The lowest BCUT2D eigenvalue weighted by atomic mass is 10.0. The SMILES string of the molecule is CC(=O)Nc1cccc2c1C(=O)c1ccccc1-2. The smallest absolute Gasteiger partial charge is 0.221 e. The number of nitrogens with one attached hydrogen (secondary N) is 1. The average Bonchev–Trinajstić information content (AvgIpc) is 2.65. The zero-order valence-corrected chi connectivity index (χ0v) is 9.86. The van der Waals surface area contributed by atoms with Crippen molar-refractivity contribution < 1.29 is 9.59 Å². The van der Waals surface area contributed by atoms with Crippen molar-refractivity contribution in [2.24, 2.45) is 0 Å². The number of anilines is 1. The molecular weight excluding hydrogens is 226 g/mol. The van der Waals surface area contributed by atoms with Gasteiger partial charge in [0.2, 0.25) is 5.91 Å². The van der Waals surface area contributed by atoms with Gasteiger partial charge in [0.15, 0.2) is 5.78 Å². The van der Waals surface area contributed by atoms with Gasteiger partial charge in [-0.25, -0.2) is 0 Å². The minimum absolute atomic E-state index is 0.0232. The van der Waals surface area contributed by atoms with Crippen molar-refractivity contribution in [1.82, 2.24) is 0 Å². The molecule has 3 nitrogen and oxygen atoms in total. The Bertz CT molecular complexity index is 674. The summed E-state index contributed by atoms with van der Waals surface area (Å²) >= 11 is 0. The fourth-order valence-electron chi connectivity index (χ4n) is 2.37. The molecule has 1 N–H and O–H groups in total. The maximum atomic E-state index is 12.3. The second kappa shape index (κ2) is 3.81. The number of amides is 1. The van der Waals surface area contributed by atoms with E-state index < -0.39 is 0 Å². The van der Waals surface area contributed by atoms with Gasteiger partial charge in [0, 0.05) is 12.5 Å². The summed E-state index contributed by atoms with van der Waals surface area (Å²) in [7, 11) is 0. The molecular formula is C15H11NO2. The number of fused-ring (bicyclic) bond motifs is 3. The van der Waals surface area contributed by atoms with Gasteiger partial charge in [0.25, 0.3) is 0 Å². The number of rotatable bonds is 1. The molecule has 1 aliphatic rings. The van der Waals surface area contributed by atoms with E-state index in [1.165, 1.54) is 6.92 Å². The normalized spacial score (nSPS) is 11.9. The molecule has 0 unspecified atom stereocenters. The van der Waals surface area contributed by atoms with Crippen LogP contribution in [0, 0.1) is 0 Å². The van der Waals surface area contributed by atoms with Crippen LogP contribution in [0.2, 0.25) is 0 Å². The van der Waals surface area contributed by atoms with Gasteiger partial charge in [-0.15, -0.1) is 0 Å². The molecule has 0 bridgehead atoms. The van der Waals surface area contributed by atoms with Crippen molar-refractivity contribution in [3.05, 3.63) is 53.6 Å².